The van der Waals surface area contributed by atoms with Crippen LogP contribution in [0.1, 0.15) is 60.2 Å². The van der Waals surface area contributed by atoms with Gasteiger partial charge in [0.2, 0.25) is 5.78 Å². The van der Waals surface area contributed by atoms with Gasteiger partial charge in [-0.1, -0.05) is 41.9 Å². The Hall–Kier alpha value is -3.49. The lowest BCUT2D eigenvalue weighted by atomic mass is 10.1. The molecule has 9 heteroatoms. The van der Waals surface area contributed by atoms with Crippen LogP contribution in [0, 0.1) is 6.92 Å². The normalized spacial score (nSPS) is 11.4. The van der Waals surface area contributed by atoms with Crippen LogP contribution in [0.15, 0.2) is 54.6 Å². The summed E-state index contributed by atoms with van der Waals surface area (Å²) in [6.07, 6.45) is -1.23. The molecule has 0 aliphatic carbocycles. The Labute approximate surface area is 206 Å². The average molecular weight is 499 g/mol. The standard InChI is InChI=1S/C25H23ClN2O5S/c1-4-33-25(32)19-14(2)21(15(3)29)34-24(19)28-22(20(30)16-8-6-5-7-9-16)27-23(31)17-10-12-18(26)13-11-17/h5-13,22,28H,4H2,1-3H3,(H,27,31)/t22-/m0/s1. The second kappa shape index (κ2) is 11.1. The lowest BCUT2D eigenvalue weighted by Crippen LogP contribution is -2.46. The maximum Gasteiger partial charge on any atom is 0.341 e. The molecule has 0 bridgehead atoms. The maximum atomic E-state index is 13.3. The molecule has 2 N–H and O–H groups in total. The molecule has 1 aromatic heterocycles. The summed E-state index contributed by atoms with van der Waals surface area (Å²) in [5.74, 6) is -1.79. The number of carbonyl (C=O) groups is 4. The van der Waals surface area contributed by atoms with E-state index in [0.717, 1.165) is 11.3 Å². The fourth-order valence-corrected chi connectivity index (χ4v) is 4.53. The van der Waals surface area contributed by atoms with Gasteiger partial charge in [0.25, 0.3) is 5.91 Å². The quantitative estimate of drug-likeness (QED) is 0.240. The smallest absolute Gasteiger partial charge is 0.341 e. The Bertz CT molecular complexity index is 1220. The van der Waals surface area contributed by atoms with Gasteiger partial charge in [0, 0.05) is 16.1 Å². The molecule has 3 aromatic rings. The predicted octanol–water partition coefficient (Wildman–Crippen LogP) is 5.14. The third kappa shape index (κ3) is 5.70. The van der Waals surface area contributed by atoms with Crippen LogP contribution in [-0.4, -0.2) is 36.2 Å². The molecule has 0 aliphatic rings. The molecular formula is C25H23ClN2O5S. The number of rotatable bonds is 9. The van der Waals surface area contributed by atoms with Crippen molar-refractivity contribution in [2.45, 2.75) is 26.9 Å². The van der Waals surface area contributed by atoms with Crippen LogP contribution in [0.3, 0.4) is 0 Å². The predicted molar refractivity (Wildman–Crippen MR) is 132 cm³/mol. The molecule has 1 atom stereocenters. The third-order valence-corrected chi connectivity index (χ3v) is 6.50. The fraction of sp³-hybridized carbons (Fsp3) is 0.200. The topological polar surface area (TPSA) is 102 Å². The van der Waals surface area contributed by atoms with Gasteiger partial charge in [-0.2, -0.15) is 0 Å². The number of halogens is 1. The van der Waals surface area contributed by atoms with Crippen LogP contribution in [0.25, 0.3) is 0 Å². The molecule has 3 rings (SSSR count). The van der Waals surface area contributed by atoms with Gasteiger partial charge in [-0.25, -0.2) is 4.79 Å². The van der Waals surface area contributed by atoms with Crippen LogP contribution >= 0.6 is 22.9 Å². The van der Waals surface area contributed by atoms with Gasteiger partial charge < -0.3 is 15.4 Å². The number of hydrogen-bond acceptors (Lipinski definition) is 7. The number of Topliss-reactive ketones (excluding diaryl/α,β-unsaturated/α-hetero) is 2. The van der Waals surface area contributed by atoms with Gasteiger partial charge in [0.05, 0.1) is 17.0 Å². The highest BCUT2D eigenvalue weighted by Crippen LogP contribution is 2.34. The molecule has 0 saturated carbocycles. The van der Waals surface area contributed by atoms with E-state index in [1.54, 1.807) is 56.3 Å². The molecule has 0 aliphatic heterocycles. The maximum absolute atomic E-state index is 13.3. The zero-order chi connectivity index (χ0) is 24.8. The molecule has 0 spiro atoms. The molecule has 2 aromatic carbocycles. The van der Waals surface area contributed by atoms with Crippen molar-refractivity contribution in [3.63, 3.8) is 0 Å². The van der Waals surface area contributed by atoms with Crippen LogP contribution in [0.5, 0.6) is 0 Å². The summed E-state index contributed by atoms with van der Waals surface area (Å²) in [6.45, 7) is 4.85. The van der Waals surface area contributed by atoms with Gasteiger partial charge in [-0.05, 0) is 50.6 Å². The van der Waals surface area contributed by atoms with Gasteiger partial charge in [-0.15, -0.1) is 11.3 Å². The summed E-state index contributed by atoms with van der Waals surface area (Å²) in [6, 6.07) is 14.6. The monoisotopic (exact) mass is 498 g/mol. The molecular weight excluding hydrogens is 476 g/mol. The van der Waals surface area contributed by atoms with Gasteiger partial charge in [0.15, 0.2) is 11.9 Å². The molecule has 1 amide bonds. The van der Waals surface area contributed by atoms with E-state index >= 15 is 0 Å². The SMILES string of the molecule is CCOC(=O)c1c(N[C@H](NC(=O)c2ccc(Cl)cc2)C(=O)c2ccccc2)sc(C(C)=O)c1C. The molecule has 0 fully saturated rings. The molecule has 176 valence electrons. The van der Waals surface area contributed by atoms with Crippen molar-refractivity contribution in [2.75, 3.05) is 11.9 Å². The summed E-state index contributed by atoms with van der Waals surface area (Å²) in [4.78, 5) is 51.4. The Morgan fingerprint density at radius 2 is 1.65 bits per heavy atom. The second-order valence-corrected chi connectivity index (χ2v) is 8.78. The number of anilines is 1. The average Bonchev–Trinajstić information content (AvgIpc) is 3.15. The number of esters is 1. The Kier molecular flexibility index (Phi) is 8.20. The minimum absolute atomic E-state index is 0.142. The van der Waals surface area contributed by atoms with E-state index in [1.165, 1.54) is 19.1 Å². The summed E-state index contributed by atoms with van der Waals surface area (Å²) >= 11 is 6.94. The van der Waals surface area contributed by atoms with E-state index in [4.69, 9.17) is 16.3 Å². The van der Waals surface area contributed by atoms with E-state index in [1.807, 2.05) is 0 Å². The van der Waals surface area contributed by atoms with E-state index in [0.29, 0.717) is 26.6 Å². The Morgan fingerprint density at radius 3 is 2.24 bits per heavy atom. The fourth-order valence-electron chi connectivity index (χ4n) is 3.28. The van der Waals surface area contributed by atoms with Crippen molar-refractivity contribution in [3.8, 4) is 0 Å². The van der Waals surface area contributed by atoms with Crippen molar-refractivity contribution in [2.24, 2.45) is 0 Å². The first kappa shape index (κ1) is 25.1. The molecule has 0 radical (unpaired) electrons. The first-order valence-corrected chi connectivity index (χ1v) is 11.7. The number of amides is 1. The van der Waals surface area contributed by atoms with Crippen LogP contribution < -0.4 is 10.6 Å². The minimum Gasteiger partial charge on any atom is -0.462 e. The summed E-state index contributed by atoms with van der Waals surface area (Å²) in [5.41, 5.74) is 1.26. The number of hydrogen-bond donors (Lipinski definition) is 2. The number of ketones is 2. The largest absolute Gasteiger partial charge is 0.462 e. The van der Waals surface area contributed by atoms with E-state index in [2.05, 4.69) is 10.6 Å². The van der Waals surface area contributed by atoms with E-state index in [9.17, 15) is 19.2 Å². The highest BCUT2D eigenvalue weighted by molar-refractivity contribution is 7.18. The highest BCUT2D eigenvalue weighted by atomic mass is 35.5. The molecule has 1 heterocycles. The van der Waals surface area contributed by atoms with Gasteiger partial charge >= 0.3 is 5.97 Å². The van der Waals surface area contributed by atoms with Gasteiger partial charge in [-0.3, -0.25) is 14.4 Å². The van der Waals surface area contributed by atoms with Crippen molar-refractivity contribution >= 4 is 51.4 Å². The third-order valence-electron chi connectivity index (χ3n) is 4.92. The second-order valence-electron chi connectivity index (χ2n) is 7.32. The molecule has 34 heavy (non-hydrogen) atoms. The molecule has 7 nitrogen and oxygen atoms in total. The van der Waals surface area contributed by atoms with Crippen molar-refractivity contribution in [3.05, 3.63) is 86.8 Å². The summed E-state index contributed by atoms with van der Waals surface area (Å²) < 4.78 is 5.16. The van der Waals surface area contributed by atoms with Gasteiger partial charge in [0.1, 0.15) is 5.00 Å². The number of benzene rings is 2. The summed E-state index contributed by atoms with van der Waals surface area (Å²) in [5, 5.41) is 6.38. The Balaban J connectivity index is 2.01. The first-order valence-electron chi connectivity index (χ1n) is 10.5. The number of carbonyl (C=O) groups excluding carboxylic acids is 4. The highest BCUT2D eigenvalue weighted by Gasteiger charge is 2.29. The lowest BCUT2D eigenvalue weighted by molar-refractivity contribution is 0.0526. The number of ether oxygens (including phenoxy) is 1. The number of nitrogens with one attached hydrogen (secondary N) is 2. The zero-order valence-corrected chi connectivity index (χ0v) is 20.4. The molecule has 0 saturated heterocycles. The minimum atomic E-state index is -1.23. The van der Waals surface area contributed by atoms with Crippen molar-refractivity contribution in [1.29, 1.82) is 0 Å². The van der Waals surface area contributed by atoms with Crippen molar-refractivity contribution < 1.29 is 23.9 Å². The summed E-state index contributed by atoms with van der Waals surface area (Å²) in [7, 11) is 0. The lowest BCUT2D eigenvalue weighted by Gasteiger charge is -2.20. The number of thiophene rings is 1. The van der Waals surface area contributed by atoms with Crippen LogP contribution in [0.4, 0.5) is 5.00 Å². The zero-order valence-electron chi connectivity index (χ0n) is 18.8. The first-order chi connectivity index (χ1) is 16.2. The molecule has 0 unspecified atom stereocenters. The van der Waals surface area contributed by atoms with Crippen molar-refractivity contribution in [1.82, 2.24) is 5.32 Å². The Morgan fingerprint density at radius 1 is 1.00 bits per heavy atom. The van der Waals surface area contributed by atoms with E-state index < -0.39 is 23.8 Å². The van der Waals surface area contributed by atoms with Crippen LogP contribution in [0.2, 0.25) is 5.02 Å². The van der Waals surface area contributed by atoms with E-state index in [-0.39, 0.29) is 23.0 Å². The van der Waals surface area contributed by atoms with Crippen LogP contribution in [-0.2, 0) is 4.74 Å².